The number of nitrogens with zero attached hydrogens (tertiary/aromatic N) is 2. The monoisotopic (exact) mass is 954 g/mol. The molecule has 0 amide bonds. The van der Waals surface area contributed by atoms with Crippen molar-refractivity contribution in [1.82, 2.24) is 4.57 Å². The number of hydrogen-bond donors (Lipinski definition) is 0. The summed E-state index contributed by atoms with van der Waals surface area (Å²) in [5, 5.41) is 2.47. The van der Waals surface area contributed by atoms with Gasteiger partial charge in [-0.1, -0.05) is 249 Å². The molecular weight excluding hydrogens is 905 g/mol. The van der Waals surface area contributed by atoms with Crippen LogP contribution < -0.4 is 4.90 Å². The molecule has 0 bridgehead atoms. The van der Waals surface area contributed by atoms with Gasteiger partial charge in [-0.15, -0.1) is 0 Å². The summed E-state index contributed by atoms with van der Waals surface area (Å²) in [6, 6.07) is 111. The Morgan fingerprint density at radius 1 is 0.267 bits per heavy atom. The molecule has 0 N–H and O–H groups in total. The van der Waals surface area contributed by atoms with E-state index in [-0.39, 0.29) is 0 Å². The summed E-state index contributed by atoms with van der Waals surface area (Å²) < 4.78 is 2.48. The van der Waals surface area contributed by atoms with Gasteiger partial charge in [0.05, 0.1) is 22.1 Å². The predicted octanol–water partition coefficient (Wildman–Crippen LogP) is 19.3. The molecule has 0 spiro atoms. The average molecular weight is 955 g/mol. The van der Waals surface area contributed by atoms with Gasteiger partial charge in [-0.2, -0.15) is 0 Å². The zero-order valence-electron chi connectivity index (χ0n) is 41.3. The van der Waals surface area contributed by atoms with E-state index in [1.807, 2.05) is 0 Å². The summed E-state index contributed by atoms with van der Waals surface area (Å²) in [6.07, 6.45) is 0. The summed E-state index contributed by atoms with van der Waals surface area (Å²) >= 11 is 0. The molecule has 75 heavy (non-hydrogen) atoms. The van der Waals surface area contributed by atoms with Gasteiger partial charge in [0.1, 0.15) is 0 Å². The Bertz CT molecular complexity index is 4140. The van der Waals surface area contributed by atoms with Crippen LogP contribution in [0, 0.1) is 0 Å². The number of aromatic nitrogens is 1. The van der Waals surface area contributed by atoms with Crippen LogP contribution in [0.25, 0.3) is 83.1 Å². The normalized spacial score (nSPS) is 12.4. The zero-order valence-corrected chi connectivity index (χ0v) is 41.3. The van der Waals surface area contributed by atoms with E-state index in [0.717, 1.165) is 33.9 Å². The van der Waals surface area contributed by atoms with Crippen LogP contribution in [-0.2, 0) is 5.41 Å². The van der Waals surface area contributed by atoms with Crippen LogP contribution in [0.3, 0.4) is 0 Å². The highest BCUT2D eigenvalue weighted by molar-refractivity contribution is 6.10. The van der Waals surface area contributed by atoms with Gasteiger partial charge in [-0.05, 0) is 127 Å². The first kappa shape index (κ1) is 44.0. The molecule has 2 nitrogen and oxygen atoms in total. The molecule has 1 aliphatic carbocycles. The van der Waals surface area contributed by atoms with Gasteiger partial charge in [0.25, 0.3) is 0 Å². The van der Waals surface area contributed by atoms with Gasteiger partial charge in [0.2, 0.25) is 0 Å². The second kappa shape index (κ2) is 18.4. The maximum atomic E-state index is 2.48. The van der Waals surface area contributed by atoms with Crippen LogP contribution in [0.5, 0.6) is 0 Å². The van der Waals surface area contributed by atoms with E-state index in [1.165, 1.54) is 88.6 Å². The molecule has 0 unspecified atom stereocenters. The van der Waals surface area contributed by atoms with Gasteiger partial charge in [-0.3, -0.25) is 0 Å². The van der Waals surface area contributed by atoms with E-state index in [0.29, 0.717) is 0 Å². The third-order valence-corrected chi connectivity index (χ3v) is 15.5. The van der Waals surface area contributed by atoms with Crippen LogP contribution in [0.1, 0.15) is 22.3 Å². The highest BCUT2D eigenvalue weighted by atomic mass is 15.1. The fourth-order valence-corrected chi connectivity index (χ4v) is 12.0. The molecule has 13 aromatic rings. The average Bonchev–Trinajstić information content (AvgIpc) is 4.08. The van der Waals surface area contributed by atoms with Gasteiger partial charge in [-0.25, -0.2) is 0 Å². The van der Waals surface area contributed by atoms with Crippen molar-refractivity contribution in [3.8, 4) is 61.3 Å². The van der Waals surface area contributed by atoms with Crippen LogP contribution in [0.2, 0.25) is 0 Å². The van der Waals surface area contributed by atoms with Crippen molar-refractivity contribution in [3.05, 3.63) is 326 Å². The Morgan fingerprint density at radius 2 is 0.720 bits per heavy atom. The molecule has 0 atom stereocenters. The van der Waals surface area contributed by atoms with E-state index in [2.05, 4.69) is 313 Å². The maximum Gasteiger partial charge on any atom is 0.0714 e. The molecule has 0 radical (unpaired) electrons. The first-order valence-electron chi connectivity index (χ1n) is 25.9. The number of hydrogen-bond acceptors (Lipinski definition) is 1. The highest BCUT2D eigenvalue weighted by Crippen LogP contribution is 2.57. The zero-order chi connectivity index (χ0) is 49.7. The Hall–Kier alpha value is -9.76. The topological polar surface area (TPSA) is 8.17 Å². The quantitative estimate of drug-likeness (QED) is 0.133. The first-order chi connectivity index (χ1) is 37.2. The van der Waals surface area contributed by atoms with E-state index < -0.39 is 5.41 Å². The highest BCUT2D eigenvalue weighted by Gasteiger charge is 2.46. The second-order valence-corrected chi connectivity index (χ2v) is 19.6. The number of fused-ring (bicyclic) bond motifs is 6. The summed E-state index contributed by atoms with van der Waals surface area (Å²) in [4.78, 5) is 2.37. The number of para-hydroxylation sites is 3. The molecule has 352 valence electrons. The number of benzene rings is 12. The van der Waals surface area contributed by atoms with Crippen molar-refractivity contribution < 1.29 is 0 Å². The van der Waals surface area contributed by atoms with E-state index >= 15 is 0 Å². The predicted molar refractivity (Wildman–Crippen MR) is 315 cm³/mol. The molecule has 12 aromatic carbocycles. The molecule has 0 aliphatic heterocycles. The molecule has 1 heterocycles. The minimum Gasteiger partial charge on any atom is -0.310 e. The van der Waals surface area contributed by atoms with Crippen molar-refractivity contribution >= 4 is 38.9 Å². The lowest BCUT2D eigenvalue weighted by Crippen LogP contribution is -2.28. The van der Waals surface area contributed by atoms with E-state index in [4.69, 9.17) is 0 Å². The van der Waals surface area contributed by atoms with Crippen molar-refractivity contribution in [1.29, 1.82) is 0 Å². The fraction of sp³-hybridized carbons (Fsp3) is 0.0137. The molecule has 0 fully saturated rings. The van der Waals surface area contributed by atoms with E-state index in [9.17, 15) is 0 Å². The molecule has 1 aliphatic rings. The molecule has 0 saturated carbocycles. The standard InChI is InChI=1S/C73H50N2/c1-5-19-51(20-6-1)52-33-35-53(36-34-52)54-41-44-61(45-42-54)74(60-25-11-4-12-26-60)70-31-17-14-27-63(70)56-39-37-55(38-40-56)57-43-47-67-66-29-15-18-32-71(66)75(72(67)49-57)62-46-48-65-64-28-13-16-30-68(64)73(69(65)50-62,58-21-7-2-8-22-58)59-23-9-3-10-24-59/h1-50H. The molecular formula is C73H50N2. The number of anilines is 3. The lowest BCUT2D eigenvalue weighted by Gasteiger charge is -2.34. The second-order valence-electron chi connectivity index (χ2n) is 19.6. The largest absolute Gasteiger partial charge is 0.310 e. The Labute approximate surface area is 438 Å². The third-order valence-electron chi connectivity index (χ3n) is 15.5. The van der Waals surface area contributed by atoms with Crippen molar-refractivity contribution in [2.24, 2.45) is 0 Å². The Balaban J connectivity index is 0.839. The van der Waals surface area contributed by atoms with E-state index in [1.54, 1.807) is 0 Å². The molecule has 2 heteroatoms. The first-order valence-corrected chi connectivity index (χ1v) is 25.9. The molecule has 1 aromatic heterocycles. The number of rotatable bonds is 10. The van der Waals surface area contributed by atoms with Crippen molar-refractivity contribution in [2.45, 2.75) is 5.41 Å². The molecule has 14 rings (SSSR count). The summed E-state index contributed by atoms with van der Waals surface area (Å²) in [7, 11) is 0. The minimum atomic E-state index is -0.492. The van der Waals surface area contributed by atoms with Gasteiger partial charge in [0.15, 0.2) is 0 Å². The van der Waals surface area contributed by atoms with Gasteiger partial charge in [0, 0.05) is 33.4 Å². The van der Waals surface area contributed by atoms with Crippen LogP contribution >= 0.6 is 0 Å². The lowest BCUT2D eigenvalue weighted by molar-refractivity contribution is 0.767. The van der Waals surface area contributed by atoms with Crippen molar-refractivity contribution in [2.75, 3.05) is 4.90 Å². The Morgan fingerprint density at radius 3 is 1.39 bits per heavy atom. The summed E-state index contributed by atoms with van der Waals surface area (Å²) in [6.45, 7) is 0. The van der Waals surface area contributed by atoms with Gasteiger partial charge >= 0.3 is 0 Å². The van der Waals surface area contributed by atoms with Crippen molar-refractivity contribution in [3.63, 3.8) is 0 Å². The smallest absolute Gasteiger partial charge is 0.0714 e. The molecule has 0 saturated heterocycles. The van der Waals surface area contributed by atoms with Gasteiger partial charge < -0.3 is 9.47 Å². The SMILES string of the molecule is c1ccc(-c2ccc(-c3ccc(N(c4ccccc4)c4ccccc4-c4ccc(-c5ccc6c7ccccc7n(-c7ccc8c(c7)C(c7ccccc7)(c7ccccc7)c7ccccc7-8)c6c5)cc4)cc3)cc2)cc1. The van der Waals surface area contributed by atoms with Crippen LogP contribution in [0.15, 0.2) is 303 Å². The van der Waals surface area contributed by atoms with Crippen LogP contribution in [0.4, 0.5) is 17.1 Å². The lowest BCUT2D eigenvalue weighted by atomic mass is 9.67. The maximum absolute atomic E-state index is 2.48. The summed E-state index contributed by atoms with van der Waals surface area (Å²) in [5.41, 5.74) is 23.5. The fourth-order valence-electron chi connectivity index (χ4n) is 12.0. The van der Waals surface area contributed by atoms with Crippen LogP contribution in [-0.4, -0.2) is 4.57 Å². The third kappa shape index (κ3) is 7.41. The minimum absolute atomic E-state index is 0.492. The summed E-state index contributed by atoms with van der Waals surface area (Å²) in [5.74, 6) is 0. The Kier molecular flexibility index (Phi) is 10.8.